The average Bonchev–Trinajstić information content (AvgIpc) is 3.43. The molecule has 1 aromatic heterocycles. The first-order valence-corrected chi connectivity index (χ1v) is 10.4. The minimum Gasteiger partial charge on any atom is -0.364 e. The number of rotatable bonds is 7. The summed E-state index contributed by atoms with van der Waals surface area (Å²) in [4.78, 5) is 10.4. The minimum absolute atomic E-state index is 0. The Labute approximate surface area is 195 Å². The Hall–Kier alpha value is -2.48. The van der Waals surface area contributed by atoms with Crippen molar-refractivity contribution in [2.45, 2.75) is 19.9 Å². The van der Waals surface area contributed by atoms with E-state index in [1.807, 2.05) is 0 Å². The molecule has 0 unspecified atom stereocenters. The van der Waals surface area contributed by atoms with Crippen molar-refractivity contribution >= 4 is 46.5 Å². The summed E-state index contributed by atoms with van der Waals surface area (Å²) in [5, 5.41) is 8.10. The first-order valence-electron chi connectivity index (χ1n) is 10.4. The molecule has 2 heterocycles. The van der Waals surface area contributed by atoms with Gasteiger partial charge in [0.25, 0.3) is 0 Å². The second kappa shape index (κ2) is 11.1. The molecule has 5 nitrogen and oxygen atoms in total. The Morgan fingerprint density at radius 1 is 1.03 bits per heavy atom. The van der Waals surface area contributed by atoms with Crippen molar-refractivity contribution in [1.82, 2.24) is 15.6 Å². The number of aromatic nitrogens is 1. The van der Waals surface area contributed by atoms with Crippen LogP contribution in [0, 0.1) is 0 Å². The molecule has 3 aromatic rings. The van der Waals surface area contributed by atoms with E-state index in [0.717, 1.165) is 38.6 Å². The predicted molar refractivity (Wildman–Crippen MR) is 138 cm³/mol. The number of nitrogens with one attached hydrogen (secondary N) is 3. The molecule has 1 aliphatic rings. The molecule has 2 aromatic carbocycles. The van der Waals surface area contributed by atoms with Gasteiger partial charge in [-0.15, -0.1) is 24.0 Å². The van der Waals surface area contributed by atoms with Crippen LogP contribution in [0.1, 0.15) is 18.1 Å². The number of hydrogen-bond acceptors (Lipinski definition) is 2. The van der Waals surface area contributed by atoms with Gasteiger partial charge in [0.15, 0.2) is 5.96 Å². The first-order chi connectivity index (χ1) is 14.3. The quantitative estimate of drug-likeness (QED) is 0.189. The molecule has 0 fully saturated rings. The van der Waals surface area contributed by atoms with Crippen LogP contribution in [0.15, 0.2) is 71.9 Å². The standard InChI is InChI=1S/C24H29N5.HI/c1-2-25-24(26-14-13-20-18-27-23-8-4-3-7-22(20)23)28-17-19-9-11-21(12-10-19)29-15-5-6-16-29;/h3-12,18,27H,2,13-17H2,1H3,(H2,25,26,28);1H. The number of nitrogens with zero attached hydrogens (tertiary/aromatic N) is 2. The maximum absolute atomic E-state index is 4.75. The third kappa shape index (κ3) is 5.56. The molecule has 0 spiro atoms. The van der Waals surface area contributed by atoms with E-state index in [1.165, 1.54) is 27.7 Å². The van der Waals surface area contributed by atoms with Gasteiger partial charge in [0.1, 0.15) is 0 Å². The average molecular weight is 515 g/mol. The van der Waals surface area contributed by atoms with Gasteiger partial charge in [-0.2, -0.15) is 0 Å². The van der Waals surface area contributed by atoms with Crippen molar-refractivity contribution in [3.8, 4) is 0 Å². The summed E-state index contributed by atoms with van der Waals surface area (Å²) in [7, 11) is 0. The molecule has 0 radical (unpaired) electrons. The Bertz CT molecular complexity index is 982. The van der Waals surface area contributed by atoms with E-state index in [1.54, 1.807) is 0 Å². The van der Waals surface area contributed by atoms with Crippen molar-refractivity contribution < 1.29 is 0 Å². The van der Waals surface area contributed by atoms with Gasteiger partial charge < -0.3 is 20.5 Å². The maximum Gasteiger partial charge on any atom is 0.191 e. The highest BCUT2D eigenvalue weighted by Gasteiger charge is 2.07. The van der Waals surface area contributed by atoms with E-state index < -0.39 is 0 Å². The summed E-state index contributed by atoms with van der Waals surface area (Å²) < 4.78 is 0. The number of anilines is 1. The van der Waals surface area contributed by atoms with Crippen LogP contribution in [0.25, 0.3) is 10.9 Å². The zero-order valence-corrected chi connectivity index (χ0v) is 19.7. The Balaban J connectivity index is 0.00000256. The van der Waals surface area contributed by atoms with Crippen LogP contribution in [-0.2, 0) is 13.0 Å². The molecule has 0 saturated heterocycles. The van der Waals surface area contributed by atoms with Gasteiger partial charge in [-0.05, 0) is 42.7 Å². The van der Waals surface area contributed by atoms with Crippen molar-refractivity contribution in [2.75, 3.05) is 31.1 Å². The van der Waals surface area contributed by atoms with Crippen molar-refractivity contribution in [1.29, 1.82) is 0 Å². The number of halogens is 1. The van der Waals surface area contributed by atoms with Crippen molar-refractivity contribution in [2.24, 2.45) is 4.99 Å². The fourth-order valence-corrected chi connectivity index (χ4v) is 3.67. The number of fused-ring (bicyclic) bond motifs is 1. The molecular weight excluding hydrogens is 485 g/mol. The molecular formula is C24H30IN5. The lowest BCUT2D eigenvalue weighted by molar-refractivity contribution is 0.801. The van der Waals surface area contributed by atoms with Gasteiger partial charge in [-0.25, -0.2) is 4.99 Å². The predicted octanol–water partition coefficient (Wildman–Crippen LogP) is 4.46. The number of H-pyrrole nitrogens is 1. The number of aliphatic imine (C=N–C) groups is 1. The third-order valence-corrected chi connectivity index (χ3v) is 5.25. The lowest BCUT2D eigenvalue weighted by atomic mass is 10.1. The van der Waals surface area contributed by atoms with Gasteiger partial charge in [0.2, 0.25) is 0 Å². The van der Waals surface area contributed by atoms with E-state index in [4.69, 9.17) is 4.99 Å². The van der Waals surface area contributed by atoms with Crippen molar-refractivity contribution in [3.05, 3.63) is 78.0 Å². The topological polar surface area (TPSA) is 55.5 Å². The molecule has 0 atom stereocenters. The molecule has 158 valence electrons. The third-order valence-electron chi connectivity index (χ3n) is 5.25. The molecule has 4 rings (SSSR count). The zero-order chi connectivity index (χ0) is 19.9. The molecule has 30 heavy (non-hydrogen) atoms. The number of hydrogen-bond donors (Lipinski definition) is 3. The number of guanidine groups is 1. The monoisotopic (exact) mass is 515 g/mol. The highest BCUT2D eigenvalue weighted by atomic mass is 127. The summed E-state index contributed by atoms with van der Waals surface area (Å²) in [6, 6.07) is 17.2. The van der Waals surface area contributed by atoms with E-state index >= 15 is 0 Å². The minimum atomic E-state index is 0. The van der Waals surface area contributed by atoms with Gasteiger partial charge in [-0.1, -0.05) is 42.5 Å². The molecule has 1 aliphatic heterocycles. The van der Waals surface area contributed by atoms with Crippen LogP contribution < -0.4 is 15.5 Å². The fraction of sp³-hybridized carbons (Fsp3) is 0.292. The van der Waals surface area contributed by atoms with Crippen LogP contribution in [-0.4, -0.2) is 37.1 Å². The van der Waals surface area contributed by atoms with Crippen LogP contribution in [0.4, 0.5) is 5.69 Å². The lowest BCUT2D eigenvalue weighted by Crippen LogP contribution is -2.38. The second-order valence-corrected chi connectivity index (χ2v) is 7.27. The highest BCUT2D eigenvalue weighted by Crippen LogP contribution is 2.18. The van der Waals surface area contributed by atoms with Crippen molar-refractivity contribution in [3.63, 3.8) is 0 Å². The highest BCUT2D eigenvalue weighted by molar-refractivity contribution is 14.0. The normalized spacial score (nSPS) is 13.5. The Morgan fingerprint density at radius 3 is 2.57 bits per heavy atom. The second-order valence-electron chi connectivity index (χ2n) is 7.27. The fourth-order valence-electron chi connectivity index (χ4n) is 3.67. The van der Waals surface area contributed by atoms with E-state index in [9.17, 15) is 0 Å². The van der Waals surface area contributed by atoms with E-state index in [2.05, 4.69) is 94.3 Å². The van der Waals surface area contributed by atoms with Gasteiger partial charge in [-0.3, -0.25) is 0 Å². The van der Waals surface area contributed by atoms with Gasteiger partial charge in [0.05, 0.1) is 6.54 Å². The first kappa shape index (κ1) is 22.2. The van der Waals surface area contributed by atoms with Gasteiger partial charge >= 0.3 is 0 Å². The lowest BCUT2D eigenvalue weighted by Gasteiger charge is -2.17. The van der Waals surface area contributed by atoms with E-state index in [0.29, 0.717) is 6.54 Å². The summed E-state index contributed by atoms with van der Waals surface area (Å²) in [5.74, 6) is 0.861. The summed E-state index contributed by atoms with van der Waals surface area (Å²) in [6.07, 6.45) is 7.48. The molecule has 0 saturated carbocycles. The molecule has 0 aliphatic carbocycles. The van der Waals surface area contributed by atoms with Gasteiger partial charge in [0, 0.05) is 49.0 Å². The molecule has 0 bridgehead atoms. The maximum atomic E-state index is 4.75. The van der Waals surface area contributed by atoms with Crippen LogP contribution >= 0.6 is 24.0 Å². The summed E-state index contributed by atoms with van der Waals surface area (Å²) >= 11 is 0. The SMILES string of the molecule is CCNC(=NCc1ccc(N2CC=CC2)cc1)NCCc1c[nH]c2ccccc12.I. The molecule has 6 heteroatoms. The molecule has 3 N–H and O–H groups in total. The zero-order valence-electron chi connectivity index (χ0n) is 17.4. The Morgan fingerprint density at radius 2 is 1.80 bits per heavy atom. The number of aromatic amines is 1. The van der Waals surface area contributed by atoms with Crippen LogP contribution in [0.5, 0.6) is 0 Å². The summed E-state index contributed by atoms with van der Waals surface area (Å²) in [6.45, 7) is 6.45. The smallest absolute Gasteiger partial charge is 0.191 e. The van der Waals surface area contributed by atoms with E-state index in [-0.39, 0.29) is 24.0 Å². The van der Waals surface area contributed by atoms with Crippen LogP contribution in [0.3, 0.4) is 0 Å². The largest absolute Gasteiger partial charge is 0.364 e. The Kier molecular flexibility index (Phi) is 8.19. The summed E-state index contributed by atoms with van der Waals surface area (Å²) in [5.41, 5.74) is 5.01. The number of benzene rings is 2. The molecule has 0 amide bonds. The van der Waals surface area contributed by atoms with Crippen LogP contribution in [0.2, 0.25) is 0 Å². The number of para-hydroxylation sites is 1.